The minimum atomic E-state index is 0.292. The molecule has 0 fully saturated rings. The number of anilines is 1. The predicted molar refractivity (Wildman–Crippen MR) is 87.0 cm³/mol. The molecular weight excluding hydrogens is 248 g/mol. The van der Waals surface area contributed by atoms with Gasteiger partial charge in [-0.25, -0.2) is 0 Å². The van der Waals surface area contributed by atoms with Gasteiger partial charge in [-0.05, 0) is 48.4 Å². The van der Waals surface area contributed by atoms with Gasteiger partial charge in [0, 0.05) is 25.9 Å². The summed E-state index contributed by atoms with van der Waals surface area (Å²) in [5, 5.41) is 3.57. The third-order valence-corrected chi connectivity index (χ3v) is 3.85. The minimum absolute atomic E-state index is 0.292. The fraction of sp³-hybridized carbons (Fsp3) is 0.647. The summed E-state index contributed by atoms with van der Waals surface area (Å²) < 4.78 is 5.15. The number of nitrogen functional groups attached to an aromatic ring is 1. The molecule has 114 valence electrons. The number of benzene rings is 1. The molecule has 0 saturated heterocycles. The summed E-state index contributed by atoms with van der Waals surface area (Å²) >= 11 is 0. The quantitative estimate of drug-likeness (QED) is 0.537. The van der Waals surface area contributed by atoms with Gasteiger partial charge in [0.15, 0.2) is 0 Å². The zero-order chi connectivity index (χ0) is 15.0. The van der Waals surface area contributed by atoms with Crippen LogP contribution in [0.4, 0.5) is 5.69 Å². The van der Waals surface area contributed by atoms with Crippen LogP contribution in [0.1, 0.15) is 45.1 Å². The number of methoxy groups -OCH3 is 1. The van der Waals surface area contributed by atoms with Crippen molar-refractivity contribution < 1.29 is 4.74 Å². The smallest absolute Gasteiger partial charge is 0.0467 e. The van der Waals surface area contributed by atoms with Crippen LogP contribution in [0.2, 0.25) is 0 Å². The van der Waals surface area contributed by atoms with E-state index in [0.717, 1.165) is 38.2 Å². The Morgan fingerprint density at radius 2 is 1.90 bits per heavy atom. The number of nitrogens with two attached hydrogens (primary N) is 1. The van der Waals surface area contributed by atoms with Gasteiger partial charge in [0.2, 0.25) is 0 Å². The molecule has 3 N–H and O–H groups in total. The fourth-order valence-corrected chi connectivity index (χ4v) is 2.20. The molecule has 1 aromatic carbocycles. The van der Waals surface area contributed by atoms with E-state index in [0.29, 0.717) is 11.3 Å². The van der Waals surface area contributed by atoms with Crippen molar-refractivity contribution >= 4 is 5.69 Å². The first kappa shape index (κ1) is 17.0. The minimum Gasteiger partial charge on any atom is -0.399 e. The molecule has 0 aliphatic rings. The van der Waals surface area contributed by atoms with E-state index in [1.807, 2.05) is 12.1 Å². The summed E-state index contributed by atoms with van der Waals surface area (Å²) in [4.78, 5) is 0. The first-order valence-corrected chi connectivity index (χ1v) is 7.50. The largest absolute Gasteiger partial charge is 0.399 e. The van der Waals surface area contributed by atoms with Crippen LogP contribution in [0.3, 0.4) is 0 Å². The molecule has 0 amide bonds. The summed E-state index contributed by atoms with van der Waals surface area (Å²) in [5.41, 5.74) is 8.20. The van der Waals surface area contributed by atoms with Crippen LogP contribution in [-0.4, -0.2) is 26.8 Å². The van der Waals surface area contributed by atoms with Gasteiger partial charge in [0.25, 0.3) is 0 Å². The maximum Gasteiger partial charge on any atom is 0.0467 e. The van der Waals surface area contributed by atoms with Crippen LogP contribution < -0.4 is 11.1 Å². The zero-order valence-electron chi connectivity index (χ0n) is 13.4. The SMILES string of the molecule is COCCC(C)(C)CNCCC(C)c1ccc(N)cc1. The van der Waals surface area contributed by atoms with Gasteiger partial charge in [-0.1, -0.05) is 32.9 Å². The zero-order valence-corrected chi connectivity index (χ0v) is 13.4. The lowest BCUT2D eigenvalue weighted by Gasteiger charge is -2.25. The highest BCUT2D eigenvalue weighted by molar-refractivity contribution is 5.40. The van der Waals surface area contributed by atoms with E-state index >= 15 is 0 Å². The second-order valence-corrected chi connectivity index (χ2v) is 6.44. The molecule has 1 unspecified atom stereocenters. The topological polar surface area (TPSA) is 47.3 Å². The Bertz CT molecular complexity index is 373. The van der Waals surface area contributed by atoms with Gasteiger partial charge in [0.1, 0.15) is 0 Å². The van der Waals surface area contributed by atoms with Crippen molar-refractivity contribution in [3.05, 3.63) is 29.8 Å². The van der Waals surface area contributed by atoms with Crippen molar-refractivity contribution in [2.45, 2.75) is 39.5 Å². The van der Waals surface area contributed by atoms with E-state index in [1.54, 1.807) is 7.11 Å². The van der Waals surface area contributed by atoms with Crippen molar-refractivity contribution in [1.29, 1.82) is 0 Å². The molecule has 3 nitrogen and oxygen atoms in total. The van der Waals surface area contributed by atoms with Crippen LogP contribution in [0.25, 0.3) is 0 Å². The number of hydrogen-bond donors (Lipinski definition) is 2. The molecule has 0 heterocycles. The van der Waals surface area contributed by atoms with Crippen molar-refractivity contribution in [3.63, 3.8) is 0 Å². The van der Waals surface area contributed by atoms with E-state index < -0.39 is 0 Å². The van der Waals surface area contributed by atoms with Crippen LogP contribution in [-0.2, 0) is 4.74 Å². The summed E-state index contributed by atoms with van der Waals surface area (Å²) in [6.07, 6.45) is 2.23. The molecule has 1 atom stereocenters. The van der Waals surface area contributed by atoms with Gasteiger partial charge in [0.05, 0.1) is 0 Å². The monoisotopic (exact) mass is 278 g/mol. The van der Waals surface area contributed by atoms with Crippen LogP contribution in [0.15, 0.2) is 24.3 Å². The van der Waals surface area contributed by atoms with E-state index in [1.165, 1.54) is 5.56 Å². The average Bonchev–Trinajstić information content (AvgIpc) is 2.42. The molecule has 0 bridgehead atoms. The van der Waals surface area contributed by atoms with Crippen LogP contribution >= 0.6 is 0 Å². The van der Waals surface area contributed by atoms with Gasteiger partial charge >= 0.3 is 0 Å². The second-order valence-electron chi connectivity index (χ2n) is 6.44. The third-order valence-electron chi connectivity index (χ3n) is 3.85. The predicted octanol–water partition coefficient (Wildman–Crippen LogP) is 3.41. The lowest BCUT2D eigenvalue weighted by atomic mass is 9.89. The van der Waals surface area contributed by atoms with Crippen LogP contribution in [0.5, 0.6) is 0 Å². The molecule has 20 heavy (non-hydrogen) atoms. The molecule has 3 heteroatoms. The van der Waals surface area contributed by atoms with Crippen LogP contribution in [0, 0.1) is 5.41 Å². The van der Waals surface area contributed by atoms with E-state index in [4.69, 9.17) is 10.5 Å². The summed E-state index contributed by atoms with van der Waals surface area (Å²) in [7, 11) is 1.76. The normalized spacial score (nSPS) is 13.4. The summed E-state index contributed by atoms with van der Waals surface area (Å²) in [6.45, 7) is 9.73. The highest BCUT2D eigenvalue weighted by Gasteiger charge is 2.16. The first-order chi connectivity index (χ1) is 9.44. The number of hydrogen-bond acceptors (Lipinski definition) is 3. The third kappa shape index (κ3) is 6.40. The second kappa shape index (κ2) is 8.28. The van der Waals surface area contributed by atoms with Gasteiger partial charge in [-0.2, -0.15) is 0 Å². The Hall–Kier alpha value is -1.06. The van der Waals surface area contributed by atoms with Crippen molar-refractivity contribution in [2.24, 2.45) is 5.41 Å². The highest BCUT2D eigenvalue weighted by Crippen LogP contribution is 2.21. The Morgan fingerprint density at radius 3 is 2.50 bits per heavy atom. The van der Waals surface area contributed by atoms with Gasteiger partial charge in [-0.3, -0.25) is 0 Å². The Balaban J connectivity index is 2.25. The maximum absolute atomic E-state index is 5.71. The highest BCUT2D eigenvalue weighted by atomic mass is 16.5. The molecular formula is C17H30N2O. The van der Waals surface area contributed by atoms with Gasteiger partial charge < -0.3 is 15.8 Å². The molecule has 0 radical (unpaired) electrons. The van der Waals surface area contributed by atoms with Crippen molar-refractivity contribution in [2.75, 3.05) is 32.5 Å². The number of rotatable bonds is 9. The lowest BCUT2D eigenvalue weighted by Crippen LogP contribution is -2.31. The molecule has 0 saturated carbocycles. The van der Waals surface area contributed by atoms with Gasteiger partial charge in [-0.15, -0.1) is 0 Å². The molecule has 0 aromatic heterocycles. The number of nitrogens with one attached hydrogen (secondary N) is 1. The maximum atomic E-state index is 5.71. The lowest BCUT2D eigenvalue weighted by molar-refractivity contribution is 0.151. The Morgan fingerprint density at radius 1 is 1.25 bits per heavy atom. The first-order valence-electron chi connectivity index (χ1n) is 7.50. The van der Waals surface area contributed by atoms with E-state index in [-0.39, 0.29) is 0 Å². The van der Waals surface area contributed by atoms with Crippen molar-refractivity contribution in [3.8, 4) is 0 Å². The number of ether oxygens (including phenoxy) is 1. The average molecular weight is 278 g/mol. The standard InChI is InChI=1S/C17H30N2O/c1-14(15-5-7-16(18)8-6-15)9-11-19-13-17(2,3)10-12-20-4/h5-8,14,19H,9-13,18H2,1-4H3. The fourth-order valence-electron chi connectivity index (χ4n) is 2.20. The van der Waals surface area contributed by atoms with Crippen molar-refractivity contribution in [1.82, 2.24) is 5.32 Å². The molecule has 1 aromatic rings. The van der Waals surface area contributed by atoms with E-state index in [2.05, 4.69) is 38.2 Å². The van der Waals surface area contributed by atoms with E-state index in [9.17, 15) is 0 Å². The summed E-state index contributed by atoms with van der Waals surface area (Å²) in [5.74, 6) is 0.560. The summed E-state index contributed by atoms with van der Waals surface area (Å²) in [6, 6.07) is 8.21. The molecule has 1 rings (SSSR count). The Kier molecular flexibility index (Phi) is 7.03. The molecule has 0 aliphatic carbocycles. The Labute approximate surface area is 123 Å². The molecule has 0 spiro atoms. The molecule has 0 aliphatic heterocycles.